The maximum atomic E-state index is 12.9. The van der Waals surface area contributed by atoms with Gasteiger partial charge >= 0.3 is 182 Å². The molecule has 1 amide bonds. The number of allylic oxidation sites excluding steroid dienone is 3. The molecule has 0 bridgehead atoms. The fourth-order valence-corrected chi connectivity index (χ4v) is 4.54. The summed E-state index contributed by atoms with van der Waals surface area (Å²) in [6.45, 7) is 4.99. The van der Waals surface area contributed by atoms with Crippen LogP contribution in [0.15, 0.2) is 55.0 Å². The summed E-state index contributed by atoms with van der Waals surface area (Å²) in [6, 6.07) is 5.88. The summed E-state index contributed by atoms with van der Waals surface area (Å²) in [6.07, 6.45) is 18.3. The van der Waals surface area contributed by atoms with E-state index in [9.17, 15) is 4.79 Å². The molecule has 0 fully saturated rings. The Morgan fingerprint density at radius 1 is 1.13 bits per heavy atom. The van der Waals surface area contributed by atoms with Crippen LogP contribution in [0.1, 0.15) is 67.7 Å². The van der Waals surface area contributed by atoms with Gasteiger partial charge in [-0.05, 0) is 13.8 Å². The second kappa shape index (κ2) is 11.9. The number of imidazole rings is 1. The van der Waals surface area contributed by atoms with Crippen LogP contribution < -0.4 is 10.1 Å². The zero-order valence-electron chi connectivity index (χ0n) is 18.3. The maximum absolute atomic E-state index is 12.9. The number of amides is 1. The number of aryl methyl sites for hydroxylation is 2. The molecule has 3 rings (SSSR count). The van der Waals surface area contributed by atoms with Crippen molar-refractivity contribution in [3.8, 4) is 5.75 Å². The van der Waals surface area contributed by atoms with Crippen molar-refractivity contribution in [2.24, 2.45) is 0 Å². The Kier molecular flexibility index (Phi) is 9.02. The predicted octanol–water partition coefficient (Wildman–Crippen LogP) is 4.74. The molecule has 5 nitrogen and oxygen atoms in total. The Morgan fingerprint density at radius 3 is 2.77 bits per heavy atom. The topological polar surface area (TPSA) is 56.1 Å². The van der Waals surface area contributed by atoms with Gasteiger partial charge in [-0.15, -0.1) is 0 Å². The quantitative estimate of drug-likeness (QED) is 0.551. The van der Waals surface area contributed by atoms with Gasteiger partial charge in [0.2, 0.25) is 0 Å². The first kappa shape index (κ1) is 23.4. The molecule has 31 heavy (non-hydrogen) atoms. The first-order valence-corrected chi connectivity index (χ1v) is 12.5. The van der Waals surface area contributed by atoms with Gasteiger partial charge in [-0.25, -0.2) is 0 Å². The molecule has 0 saturated carbocycles. The number of carbonyl (C=O) groups is 1. The van der Waals surface area contributed by atoms with Crippen LogP contribution in [0.25, 0.3) is 0 Å². The summed E-state index contributed by atoms with van der Waals surface area (Å²) in [7, 11) is 0. The first-order valence-electron chi connectivity index (χ1n) is 11.0. The summed E-state index contributed by atoms with van der Waals surface area (Å²) >= 11 is 1.37. The zero-order chi connectivity index (χ0) is 22.1. The molecule has 0 spiro atoms. The van der Waals surface area contributed by atoms with Gasteiger partial charge in [0.05, 0.1) is 0 Å². The van der Waals surface area contributed by atoms with E-state index in [0.717, 1.165) is 42.9 Å². The third kappa shape index (κ3) is 7.14. The number of nitrogens with zero attached hydrogens (tertiary/aromatic N) is 2. The van der Waals surface area contributed by atoms with Gasteiger partial charge in [-0.1, -0.05) is 0 Å². The van der Waals surface area contributed by atoms with Gasteiger partial charge in [-0.3, -0.25) is 0 Å². The summed E-state index contributed by atoms with van der Waals surface area (Å²) in [5.41, 5.74) is 1.77. The Labute approximate surface area is 196 Å². The Bertz CT molecular complexity index is 959. The van der Waals surface area contributed by atoms with Crippen molar-refractivity contribution in [2.75, 3.05) is 0 Å². The van der Waals surface area contributed by atoms with E-state index in [1.165, 1.54) is 42.5 Å². The van der Waals surface area contributed by atoms with E-state index in [2.05, 4.69) is 27.1 Å². The van der Waals surface area contributed by atoms with E-state index >= 15 is 0 Å². The van der Waals surface area contributed by atoms with Crippen LogP contribution in [0.5, 0.6) is 5.75 Å². The van der Waals surface area contributed by atoms with Crippen LogP contribution >= 0.6 is 0 Å². The number of nitrogens with one attached hydrogen (secondary N) is 1. The van der Waals surface area contributed by atoms with Gasteiger partial charge in [-0.2, -0.15) is 0 Å². The molecule has 1 aliphatic rings. The Hall–Kier alpha value is -2.26. The number of hydrogen-bond donors (Lipinski definition) is 1. The van der Waals surface area contributed by atoms with Gasteiger partial charge in [0, 0.05) is 0 Å². The van der Waals surface area contributed by atoms with E-state index in [0.29, 0.717) is 5.56 Å². The van der Waals surface area contributed by atoms with E-state index in [4.69, 9.17) is 4.74 Å². The fourth-order valence-electron chi connectivity index (χ4n) is 3.65. The predicted molar refractivity (Wildman–Crippen MR) is 121 cm³/mol. The molecule has 0 unspecified atom stereocenters. The molecule has 164 valence electrons. The van der Waals surface area contributed by atoms with Gasteiger partial charge in [0.15, 0.2) is 0 Å². The van der Waals surface area contributed by atoms with Gasteiger partial charge in [0.25, 0.3) is 0 Å². The molecule has 0 saturated heterocycles. The molecule has 0 radical (unpaired) electrons. The number of aromatic nitrogens is 2. The van der Waals surface area contributed by atoms with Crippen LogP contribution in [0.3, 0.4) is 0 Å². The molecule has 1 aliphatic heterocycles. The number of rotatable bonds is 2. The molecule has 0 atom stereocenters. The number of ether oxygens (including phenoxy) is 1. The fraction of sp³-hybridized carbons (Fsp3) is 0.400. The molecule has 2 heterocycles. The monoisotopic (exact) mass is 589 g/mol. The standard InChI is InChI=1S/C25H31N3O2.W/c1-20(2)30-22-14-13-21-11-7-4-3-5-10-17-28-18-16-26-24(28)12-8-6-9-15-27-25(29)23(21)19-22;/h6,8-9,13-16,18-20H,3-5,7,10-11,17H2,1-2H3,(H,27,29);. The zero-order valence-corrected chi connectivity index (χ0v) is 21.3. The molecule has 1 N–H and O–H groups in total. The van der Waals surface area contributed by atoms with Gasteiger partial charge in [0.1, 0.15) is 0 Å². The second-order valence-corrected chi connectivity index (χ2v) is 9.58. The SMILES string of the molecule is CC(C)Oc1ccc2c(c1)C(=O)NC=CC=C[C](=[W])c1nccn1CCCCCCC2. The van der Waals surface area contributed by atoms with Crippen LogP contribution in [0.4, 0.5) is 0 Å². The summed E-state index contributed by atoms with van der Waals surface area (Å²) in [5.74, 6) is 1.67. The third-order valence-corrected chi connectivity index (χ3v) is 6.29. The first-order chi connectivity index (χ1) is 15.0. The summed E-state index contributed by atoms with van der Waals surface area (Å²) in [4.78, 5) is 17.4. The average molecular weight is 589 g/mol. The average Bonchev–Trinajstić information content (AvgIpc) is 3.21. The molecule has 6 heteroatoms. The molecule has 1 aromatic carbocycles. The molecular formula is C25H31N3O2W. The Balaban J connectivity index is 1.78. The number of carbonyl (C=O) groups excluding carboxylic acids is 1. The van der Waals surface area contributed by atoms with Crippen LogP contribution in [-0.2, 0) is 32.3 Å². The number of hydrogen-bond acceptors (Lipinski definition) is 3. The number of benzene rings is 1. The molecular weight excluding hydrogens is 558 g/mol. The van der Waals surface area contributed by atoms with E-state index < -0.39 is 0 Å². The normalized spacial score (nSPS) is 16.2. The van der Waals surface area contributed by atoms with E-state index in [1.807, 2.05) is 50.4 Å². The van der Waals surface area contributed by atoms with Crippen LogP contribution in [0.2, 0.25) is 0 Å². The number of fused-ring (bicyclic) bond motifs is 2. The van der Waals surface area contributed by atoms with Crippen LogP contribution in [-0.4, -0.2) is 25.5 Å². The minimum atomic E-state index is -0.100. The third-order valence-electron chi connectivity index (χ3n) is 5.15. The van der Waals surface area contributed by atoms with Crippen molar-refractivity contribution in [3.05, 3.63) is 72.0 Å². The van der Waals surface area contributed by atoms with Crippen molar-refractivity contribution in [2.45, 2.75) is 65.0 Å². The molecule has 1 aromatic heterocycles. The van der Waals surface area contributed by atoms with Crippen molar-refractivity contribution in [1.82, 2.24) is 14.9 Å². The summed E-state index contributed by atoms with van der Waals surface area (Å²) in [5, 5.41) is 2.90. The summed E-state index contributed by atoms with van der Waals surface area (Å²) < 4.78 is 9.24. The van der Waals surface area contributed by atoms with Crippen molar-refractivity contribution in [1.29, 1.82) is 0 Å². The second-order valence-electron chi connectivity index (χ2n) is 8.00. The van der Waals surface area contributed by atoms with Gasteiger partial charge < -0.3 is 0 Å². The molecule has 2 aromatic rings. The minimum absolute atomic E-state index is 0.0718. The Morgan fingerprint density at radius 2 is 1.94 bits per heavy atom. The van der Waals surface area contributed by atoms with Crippen molar-refractivity contribution < 1.29 is 28.9 Å². The van der Waals surface area contributed by atoms with Crippen LogP contribution in [0, 0.1) is 0 Å². The molecule has 0 aliphatic carbocycles. The van der Waals surface area contributed by atoms with E-state index in [-0.39, 0.29) is 12.0 Å². The van der Waals surface area contributed by atoms with Crippen molar-refractivity contribution >= 4 is 9.81 Å². The van der Waals surface area contributed by atoms with E-state index in [1.54, 1.807) is 6.20 Å². The van der Waals surface area contributed by atoms with Crippen molar-refractivity contribution in [3.63, 3.8) is 0 Å².